The molecule has 1 aromatic heterocycles. The zero-order valence-electron chi connectivity index (χ0n) is 11.8. The minimum Gasteiger partial charge on any atom is -0.480 e. The molecule has 1 heterocycles. The van der Waals surface area contributed by atoms with E-state index in [1.165, 1.54) is 17.1 Å². The van der Waals surface area contributed by atoms with E-state index in [0.29, 0.717) is 25.2 Å². The SMILES string of the molecule is O=C(O)[C@H](CC1CCCC1)n1cnc(S(=O)(=O)C2CC2)c1. The molecule has 1 N–H and O–H groups in total. The Bertz CT molecular complexity index is 627. The summed E-state index contributed by atoms with van der Waals surface area (Å²) in [7, 11) is -3.36. The van der Waals surface area contributed by atoms with E-state index in [4.69, 9.17) is 0 Å². The Morgan fingerprint density at radius 2 is 2.00 bits per heavy atom. The molecular formula is C14H20N2O4S. The quantitative estimate of drug-likeness (QED) is 0.868. The van der Waals surface area contributed by atoms with Crippen LogP contribution in [0.4, 0.5) is 0 Å². The molecule has 21 heavy (non-hydrogen) atoms. The van der Waals surface area contributed by atoms with Crippen molar-refractivity contribution in [1.29, 1.82) is 0 Å². The number of carbonyl (C=O) groups is 1. The second-order valence-electron chi connectivity index (χ2n) is 6.14. The lowest BCUT2D eigenvalue weighted by molar-refractivity contribution is -0.141. The molecule has 7 heteroatoms. The summed E-state index contributed by atoms with van der Waals surface area (Å²) in [6.45, 7) is 0. The van der Waals surface area contributed by atoms with Crippen molar-refractivity contribution in [2.45, 2.75) is 61.3 Å². The predicted molar refractivity (Wildman–Crippen MR) is 75.7 cm³/mol. The van der Waals surface area contributed by atoms with Crippen LogP contribution in [0.1, 0.15) is 51.0 Å². The molecule has 0 bridgehead atoms. The van der Waals surface area contributed by atoms with Gasteiger partial charge in [0.05, 0.1) is 11.6 Å². The lowest BCUT2D eigenvalue weighted by Gasteiger charge is -2.17. The van der Waals surface area contributed by atoms with Crippen molar-refractivity contribution in [2.75, 3.05) is 0 Å². The van der Waals surface area contributed by atoms with E-state index in [1.54, 1.807) is 0 Å². The summed E-state index contributed by atoms with van der Waals surface area (Å²) in [5.74, 6) is -0.508. The standard InChI is InChI=1S/C14H20N2O4S/c17-14(18)12(7-10-3-1-2-4-10)16-8-13(15-9-16)21(19,20)11-5-6-11/h8-12H,1-7H2,(H,17,18)/t12-/m0/s1. The van der Waals surface area contributed by atoms with E-state index in [1.807, 2.05) is 0 Å². The molecule has 1 aromatic rings. The summed E-state index contributed by atoms with van der Waals surface area (Å²) >= 11 is 0. The number of rotatable bonds is 6. The average Bonchev–Trinajstić information content (AvgIpc) is 2.98. The average molecular weight is 312 g/mol. The summed E-state index contributed by atoms with van der Waals surface area (Å²) in [6.07, 6.45) is 9.08. The predicted octanol–water partition coefficient (Wildman–Crippen LogP) is 2.03. The molecule has 0 aromatic carbocycles. The van der Waals surface area contributed by atoms with Crippen LogP contribution in [0.2, 0.25) is 0 Å². The number of sulfone groups is 1. The maximum absolute atomic E-state index is 12.1. The van der Waals surface area contributed by atoms with Gasteiger partial charge in [-0.1, -0.05) is 25.7 Å². The minimum atomic E-state index is -3.36. The Morgan fingerprint density at radius 1 is 1.33 bits per heavy atom. The van der Waals surface area contributed by atoms with Gasteiger partial charge in [-0.25, -0.2) is 18.2 Å². The van der Waals surface area contributed by atoms with Crippen LogP contribution in [0.25, 0.3) is 0 Å². The second kappa shape index (κ2) is 5.44. The largest absolute Gasteiger partial charge is 0.480 e. The van der Waals surface area contributed by atoms with Crippen molar-refractivity contribution < 1.29 is 18.3 Å². The normalized spacial score (nSPS) is 21.5. The van der Waals surface area contributed by atoms with Gasteiger partial charge in [0.15, 0.2) is 14.9 Å². The maximum Gasteiger partial charge on any atom is 0.326 e. The highest BCUT2D eigenvalue weighted by Gasteiger charge is 2.39. The molecule has 0 aliphatic heterocycles. The fourth-order valence-corrected chi connectivity index (χ4v) is 4.66. The number of carboxylic acid groups (broad SMARTS) is 1. The third-order valence-corrected chi connectivity index (χ3v) is 6.65. The Hall–Kier alpha value is -1.37. The van der Waals surface area contributed by atoms with Gasteiger partial charge in [0.2, 0.25) is 0 Å². The van der Waals surface area contributed by atoms with E-state index in [9.17, 15) is 18.3 Å². The number of hydrogen-bond donors (Lipinski definition) is 1. The van der Waals surface area contributed by atoms with E-state index in [-0.39, 0.29) is 10.3 Å². The molecule has 0 amide bonds. The van der Waals surface area contributed by atoms with Gasteiger partial charge in [-0.15, -0.1) is 0 Å². The van der Waals surface area contributed by atoms with Gasteiger partial charge < -0.3 is 9.67 Å². The Kier molecular flexibility index (Phi) is 3.77. The highest BCUT2D eigenvalue weighted by molar-refractivity contribution is 7.92. The van der Waals surface area contributed by atoms with Crippen molar-refractivity contribution in [1.82, 2.24) is 9.55 Å². The van der Waals surface area contributed by atoms with Crippen molar-refractivity contribution >= 4 is 15.8 Å². The van der Waals surface area contributed by atoms with Crippen LogP contribution >= 0.6 is 0 Å². The first kappa shape index (κ1) is 14.6. The first-order valence-electron chi connectivity index (χ1n) is 7.48. The number of aliphatic carboxylic acids is 1. The molecule has 0 spiro atoms. The van der Waals surface area contributed by atoms with E-state index in [2.05, 4.69) is 4.98 Å². The molecule has 3 rings (SSSR count). The molecule has 2 saturated carbocycles. The summed E-state index contributed by atoms with van der Waals surface area (Å²) in [4.78, 5) is 15.4. The monoisotopic (exact) mass is 312 g/mol. The van der Waals surface area contributed by atoms with Crippen molar-refractivity contribution in [3.63, 3.8) is 0 Å². The van der Waals surface area contributed by atoms with Gasteiger partial charge in [0, 0.05) is 6.20 Å². The zero-order chi connectivity index (χ0) is 15.0. The summed E-state index contributed by atoms with van der Waals surface area (Å²) < 4.78 is 25.7. The first-order valence-corrected chi connectivity index (χ1v) is 9.03. The number of aromatic nitrogens is 2. The lowest BCUT2D eigenvalue weighted by atomic mass is 9.98. The second-order valence-corrected chi connectivity index (χ2v) is 8.32. The first-order chi connectivity index (χ1) is 9.98. The van der Waals surface area contributed by atoms with E-state index >= 15 is 0 Å². The topological polar surface area (TPSA) is 89.3 Å². The van der Waals surface area contributed by atoms with Crippen LogP contribution in [0.3, 0.4) is 0 Å². The van der Waals surface area contributed by atoms with Crippen molar-refractivity contribution in [3.8, 4) is 0 Å². The highest BCUT2D eigenvalue weighted by Crippen LogP contribution is 2.35. The van der Waals surface area contributed by atoms with Crippen LogP contribution in [-0.2, 0) is 14.6 Å². The minimum absolute atomic E-state index is 0.0164. The fourth-order valence-electron chi connectivity index (χ4n) is 3.10. The zero-order valence-corrected chi connectivity index (χ0v) is 12.6. The molecule has 2 aliphatic rings. The molecule has 6 nitrogen and oxygen atoms in total. The number of carboxylic acids is 1. The molecule has 0 saturated heterocycles. The van der Waals surface area contributed by atoms with Gasteiger partial charge in [-0.2, -0.15) is 0 Å². The third-order valence-electron chi connectivity index (χ3n) is 4.51. The van der Waals surface area contributed by atoms with Gasteiger partial charge in [0.1, 0.15) is 6.04 Å². The van der Waals surface area contributed by atoms with Crippen LogP contribution in [0.5, 0.6) is 0 Å². The van der Waals surface area contributed by atoms with Crippen LogP contribution < -0.4 is 0 Å². The van der Waals surface area contributed by atoms with Gasteiger partial charge in [-0.3, -0.25) is 0 Å². The van der Waals surface area contributed by atoms with Crippen molar-refractivity contribution in [2.24, 2.45) is 5.92 Å². The molecule has 0 unspecified atom stereocenters. The van der Waals surface area contributed by atoms with Crippen molar-refractivity contribution in [3.05, 3.63) is 12.5 Å². The summed E-state index contributed by atoms with van der Waals surface area (Å²) in [5.41, 5.74) is 0. The van der Waals surface area contributed by atoms with Gasteiger partial charge >= 0.3 is 5.97 Å². The van der Waals surface area contributed by atoms with E-state index in [0.717, 1.165) is 25.7 Å². The lowest BCUT2D eigenvalue weighted by Crippen LogP contribution is -2.20. The Balaban J connectivity index is 1.79. The molecular weight excluding hydrogens is 292 g/mol. The van der Waals surface area contributed by atoms with E-state index < -0.39 is 21.8 Å². The van der Waals surface area contributed by atoms with Gasteiger partial charge in [0.25, 0.3) is 0 Å². The van der Waals surface area contributed by atoms with Crippen LogP contribution in [0.15, 0.2) is 17.6 Å². The Labute approximate surface area is 124 Å². The fraction of sp³-hybridized carbons (Fsp3) is 0.714. The third kappa shape index (κ3) is 2.97. The Morgan fingerprint density at radius 3 is 2.57 bits per heavy atom. The molecule has 1 atom stereocenters. The molecule has 0 radical (unpaired) electrons. The summed E-state index contributed by atoms with van der Waals surface area (Å²) in [6, 6.07) is -0.719. The number of nitrogens with zero attached hydrogens (tertiary/aromatic N) is 2. The maximum atomic E-state index is 12.1. The van der Waals surface area contributed by atoms with Crippen LogP contribution in [-0.4, -0.2) is 34.3 Å². The highest BCUT2D eigenvalue weighted by atomic mass is 32.2. The number of hydrogen-bond acceptors (Lipinski definition) is 4. The number of imidazole rings is 1. The molecule has 2 aliphatic carbocycles. The molecule has 116 valence electrons. The van der Waals surface area contributed by atoms with Gasteiger partial charge in [-0.05, 0) is 25.2 Å². The smallest absolute Gasteiger partial charge is 0.326 e. The molecule has 2 fully saturated rings. The summed E-state index contributed by atoms with van der Waals surface area (Å²) in [5, 5.41) is 9.12. The van der Waals surface area contributed by atoms with Crippen LogP contribution in [0, 0.1) is 5.92 Å².